The van der Waals surface area contributed by atoms with Gasteiger partial charge in [-0.2, -0.15) is 13.2 Å². The molecule has 1 aromatic rings. The first-order chi connectivity index (χ1) is 11.3. The van der Waals surface area contributed by atoms with E-state index in [2.05, 4.69) is 10.6 Å². The van der Waals surface area contributed by atoms with Crippen LogP contribution >= 0.6 is 12.2 Å². The van der Waals surface area contributed by atoms with Crippen LogP contribution in [0.1, 0.15) is 36.9 Å². The Morgan fingerprint density at radius 2 is 2.08 bits per heavy atom. The second-order valence-corrected chi connectivity index (χ2v) is 5.70. The van der Waals surface area contributed by atoms with Gasteiger partial charge in [0.25, 0.3) is 0 Å². The molecule has 0 aliphatic carbocycles. The molecule has 0 spiro atoms. The summed E-state index contributed by atoms with van der Waals surface area (Å²) in [5.41, 5.74) is 0.318. The minimum Gasteiger partial charge on any atom is -0.466 e. The van der Waals surface area contributed by atoms with Crippen molar-refractivity contribution in [2.45, 2.75) is 32.0 Å². The Labute approximate surface area is 143 Å². The largest absolute Gasteiger partial charge is 0.466 e. The average molecular weight is 358 g/mol. The van der Waals surface area contributed by atoms with Gasteiger partial charge in [-0.05, 0) is 36.3 Å². The van der Waals surface area contributed by atoms with Gasteiger partial charge in [-0.15, -0.1) is 0 Å². The number of carbonyl (C=O) groups excluding carboxylic acids is 1. The van der Waals surface area contributed by atoms with Crippen molar-refractivity contribution in [2.75, 3.05) is 7.11 Å². The number of halogens is 3. The summed E-state index contributed by atoms with van der Waals surface area (Å²) in [5, 5.41) is 6.02. The van der Waals surface area contributed by atoms with E-state index >= 15 is 0 Å². The molecule has 1 aliphatic rings. The molecule has 2 rings (SSSR count). The normalized spacial score (nSPS) is 18.0. The van der Waals surface area contributed by atoms with Crippen LogP contribution in [-0.4, -0.2) is 18.2 Å². The van der Waals surface area contributed by atoms with E-state index in [9.17, 15) is 18.0 Å². The van der Waals surface area contributed by atoms with Crippen LogP contribution in [0.4, 0.5) is 13.2 Å². The number of allylic oxidation sites excluding steroid dienone is 1. The van der Waals surface area contributed by atoms with Crippen molar-refractivity contribution in [1.82, 2.24) is 10.6 Å². The molecule has 24 heavy (non-hydrogen) atoms. The van der Waals surface area contributed by atoms with Crippen LogP contribution < -0.4 is 10.6 Å². The number of thiocarbonyl (C=S) groups is 1. The van der Waals surface area contributed by atoms with Gasteiger partial charge in [0.15, 0.2) is 5.11 Å². The highest BCUT2D eigenvalue weighted by Crippen LogP contribution is 2.34. The van der Waals surface area contributed by atoms with Gasteiger partial charge in [-0.1, -0.05) is 25.5 Å². The second kappa shape index (κ2) is 7.21. The molecule has 0 fully saturated rings. The van der Waals surface area contributed by atoms with E-state index in [0.29, 0.717) is 17.7 Å². The molecule has 4 nitrogen and oxygen atoms in total. The van der Waals surface area contributed by atoms with Crippen molar-refractivity contribution < 1.29 is 22.7 Å². The van der Waals surface area contributed by atoms with E-state index in [4.69, 9.17) is 17.0 Å². The zero-order valence-electron chi connectivity index (χ0n) is 13.2. The van der Waals surface area contributed by atoms with Gasteiger partial charge in [-0.25, -0.2) is 4.79 Å². The molecule has 0 saturated heterocycles. The fraction of sp³-hybridized carbons (Fsp3) is 0.375. The van der Waals surface area contributed by atoms with Crippen LogP contribution in [0.25, 0.3) is 0 Å². The number of alkyl halides is 3. The molecule has 130 valence electrons. The highest BCUT2D eigenvalue weighted by molar-refractivity contribution is 7.80. The van der Waals surface area contributed by atoms with E-state index in [1.165, 1.54) is 19.2 Å². The SMILES string of the molecule is CCCC1=C(C(=O)OC)[C@H](c2cccc(C(F)(F)F)c2)NC(=S)N1. The second-order valence-electron chi connectivity index (χ2n) is 5.29. The molecule has 1 aliphatic heterocycles. The van der Waals surface area contributed by atoms with Crippen LogP contribution in [0.2, 0.25) is 0 Å². The topological polar surface area (TPSA) is 50.4 Å². The Morgan fingerprint density at radius 3 is 2.67 bits per heavy atom. The average Bonchev–Trinajstić information content (AvgIpc) is 2.53. The van der Waals surface area contributed by atoms with Crippen LogP contribution in [0.5, 0.6) is 0 Å². The maximum atomic E-state index is 13.0. The van der Waals surface area contributed by atoms with Crippen LogP contribution in [0.3, 0.4) is 0 Å². The van der Waals surface area contributed by atoms with Crippen LogP contribution in [0.15, 0.2) is 35.5 Å². The first-order valence-corrected chi connectivity index (χ1v) is 7.74. The van der Waals surface area contributed by atoms with Crippen molar-refractivity contribution >= 4 is 23.3 Å². The molecule has 2 N–H and O–H groups in total. The van der Waals surface area contributed by atoms with E-state index < -0.39 is 23.8 Å². The number of benzene rings is 1. The smallest absolute Gasteiger partial charge is 0.416 e. The van der Waals surface area contributed by atoms with Crippen molar-refractivity contribution in [3.8, 4) is 0 Å². The lowest BCUT2D eigenvalue weighted by atomic mass is 9.93. The van der Waals surface area contributed by atoms with E-state index in [1.54, 1.807) is 0 Å². The van der Waals surface area contributed by atoms with Crippen LogP contribution in [-0.2, 0) is 15.7 Å². The Kier molecular flexibility index (Phi) is 5.48. The maximum Gasteiger partial charge on any atom is 0.416 e. The number of methoxy groups -OCH3 is 1. The van der Waals surface area contributed by atoms with Crippen molar-refractivity contribution in [3.05, 3.63) is 46.7 Å². The van der Waals surface area contributed by atoms with Gasteiger partial charge < -0.3 is 15.4 Å². The van der Waals surface area contributed by atoms with Gasteiger partial charge >= 0.3 is 12.1 Å². The van der Waals surface area contributed by atoms with Crippen molar-refractivity contribution in [2.24, 2.45) is 0 Å². The molecule has 0 saturated carbocycles. The molecule has 1 atom stereocenters. The summed E-state index contributed by atoms with van der Waals surface area (Å²) in [6.45, 7) is 1.92. The first-order valence-electron chi connectivity index (χ1n) is 7.34. The summed E-state index contributed by atoms with van der Waals surface area (Å²) >= 11 is 5.13. The first kappa shape index (κ1) is 18.3. The molecule has 0 amide bonds. The molecular weight excluding hydrogens is 341 g/mol. The number of rotatable bonds is 4. The van der Waals surface area contributed by atoms with Gasteiger partial charge in [0, 0.05) is 5.70 Å². The third-order valence-corrected chi connectivity index (χ3v) is 3.83. The Bertz CT molecular complexity index is 686. The molecule has 1 heterocycles. The molecule has 8 heteroatoms. The Morgan fingerprint density at radius 1 is 1.38 bits per heavy atom. The van der Waals surface area contributed by atoms with Crippen molar-refractivity contribution in [3.63, 3.8) is 0 Å². The minimum atomic E-state index is -4.47. The number of esters is 1. The number of nitrogens with one attached hydrogen (secondary N) is 2. The van der Waals surface area contributed by atoms with E-state index in [1.807, 2.05) is 6.92 Å². The Hall–Kier alpha value is -2.09. The van der Waals surface area contributed by atoms with Gasteiger partial charge in [0.2, 0.25) is 0 Å². The van der Waals surface area contributed by atoms with E-state index in [-0.39, 0.29) is 10.7 Å². The zero-order valence-corrected chi connectivity index (χ0v) is 14.0. The number of ether oxygens (including phenoxy) is 1. The summed E-state index contributed by atoms with van der Waals surface area (Å²) < 4.78 is 43.7. The number of carbonyl (C=O) groups is 1. The van der Waals surface area contributed by atoms with Gasteiger partial charge in [0.05, 0.1) is 24.3 Å². The lowest BCUT2D eigenvalue weighted by Crippen LogP contribution is -2.45. The molecule has 0 aromatic heterocycles. The number of hydrogen-bond donors (Lipinski definition) is 2. The quantitative estimate of drug-likeness (QED) is 0.638. The fourth-order valence-corrected chi connectivity index (χ4v) is 2.80. The summed E-state index contributed by atoms with van der Waals surface area (Å²) in [6.07, 6.45) is -3.20. The van der Waals surface area contributed by atoms with Gasteiger partial charge in [-0.3, -0.25) is 0 Å². The zero-order chi connectivity index (χ0) is 17.9. The predicted molar refractivity (Wildman–Crippen MR) is 87.0 cm³/mol. The lowest BCUT2D eigenvalue weighted by Gasteiger charge is -2.31. The minimum absolute atomic E-state index is 0.243. The maximum absolute atomic E-state index is 13.0. The lowest BCUT2D eigenvalue weighted by molar-refractivity contribution is -0.137. The molecule has 0 bridgehead atoms. The van der Waals surface area contributed by atoms with Crippen molar-refractivity contribution in [1.29, 1.82) is 0 Å². The molecule has 1 aromatic carbocycles. The fourth-order valence-electron chi connectivity index (χ4n) is 2.56. The number of hydrogen-bond acceptors (Lipinski definition) is 3. The summed E-state index contributed by atoms with van der Waals surface area (Å²) in [4.78, 5) is 12.2. The molecular formula is C16H17F3N2O2S. The summed E-state index contributed by atoms with van der Waals surface area (Å²) in [7, 11) is 1.23. The summed E-state index contributed by atoms with van der Waals surface area (Å²) in [5.74, 6) is -0.608. The monoisotopic (exact) mass is 358 g/mol. The molecule has 0 unspecified atom stereocenters. The van der Waals surface area contributed by atoms with E-state index in [0.717, 1.165) is 18.6 Å². The summed E-state index contributed by atoms with van der Waals surface area (Å²) in [6, 6.07) is 4.03. The Balaban J connectivity index is 2.55. The third-order valence-electron chi connectivity index (χ3n) is 3.61. The third kappa shape index (κ3) is 3.87. The standard InChI is InChI=1S/C16H17F3N2O2S/c1-3-5-11-12(14(22)23-2)13(21-15(24)20-11)9-6-4-7-10(8-9)16(17,18)19/h4,6-8,13H,3,5H2,1-2H3,(H2,20,21,24)/t13-/m0/s1. The van der Waals surface area contributed by atoms with Gasteiger partial charge in [0.1, 0.15) is 0 Å². The highest BCUT2D eigenvalue weighted by Gasteiger charge is 2.35. The van der Waals surface area contributed by atoms with Crippen LogP contribution in [0, 0.1) is 0 Å². The highest BCUT2D eigenvalue weighted by atomic mass is 32.1. The predicted octanol–water partition coefficient (Wildman–Crippen LogP) is 3.45. The molecule has 0 radical (unpaired) electrons.